The molecule has 2 N–H and O–H groups in total. The summed E-state index contributed by atoms with van der Waals surface area (Å²) in [7, 11) is 0. The molecule has 0 unspecified atom stereocenters. The second-order valence-corrected chi connectivity index (χ2v) is 5.37. The van der Waals surface area contributed by atoms with Crippen molar-refractivity contribution < 1.29 is 29.6 Å². The molecule has 0 spiro atoms. The SMILES string of the molecule is CC[NH+](CC)CC.CC[NH+](CC)CC.O=C1C=C([O-])C(=O)C=C1[O-]. The Kier molecular flexibility index (Phi) is 15.3. The standard InChI is InChI=1S/2C6H15N.C6H4O4/c2*1-4-7(5-2)6-3;7-3-1-4(8)6(10)2-5(3)9/h2*4-6H2,1-3H3;1-2,7,10H. The van der Waals surface area contributed by atoms with Crippen molar-refractivity contribution in [1.29, 1.82) is 0 Å². The van der Waals surface area contributed by atoms with Crippen molar-refractivity contribution in [3.8, 4) is 0 Å². The van der Waals surface area contributed by atoms with Crippen molar-refractivity contribution in [2.24, 2.45) is 0 Å². The molecule has 1 aliphatic rings. The van der Waals surface area contributed by atoms with Crippen LogP contribution in [0, 0.1) is 0 Å². The van der Waals surface area contributed by atoms with Gasteiger partial charge < -0.3 is 20.0 Å². The maximum absolute atomic E-state index is 10.3. The zero-order chi connectivity index (χ0) is 19.1. The van der Waals surface area contributed by atoms with E-state index in [4.69, 9.17) is 0 Å². The topological polar surface area (TPSA) is 89.1 Å². The molecule has 0 saturated heterocycles. The number of allylic oxidation sites excluding steroid dienone is 2. The van der Waals surface area contributed by atoms with Crippen molar-refractivity contribution in [3.63, 3.8) is 0 Å². The predicted octanol–water partition coefficient (Wildman–Crippen LogP) is -2.51. The fourth-order valence-corrected chi connectivity index (χ4v) is 2.02. The fraction of sp³-hybridized carbons (Fsp3) is 0.667. The Balaban J connectivity index is 0. The molecule has 0 aromatic rings. The van der Waals surface area contributed by atoms with E-state index < -0.39 is 23.1 Å². The van der Waals surface area contributed by atoms with Gasteiger partial charge in [-0.25, -0.2) is 0 Å². The normalized spacial score (nSPS) is 13.7. The Morgan fingerprint density at radius 2 is 0.833 bits per heavy atom. The fourth-order valence-electron chi connectivity index (χ4n) is 2.02. The number of carbonyl (C=O) groups is 2. The van der Waals surface area contributed by atoms with Crippen molar-refractivity contribution >= 4 is 11.6 Å². The van der Waals surface area contributed by atoms with Crippen LogP contribution in [0.4, 0.5) is 0 Å². The van der Waals surface area contributed by atoms with Crippen LogP contribution < -0.4 is 20.0 Å². The van der Waals surface area contributed by atoms with Gasteiger partial charge in [-0.3, -0.25) is 9.59 Å². The minimum absolute atomic E-state index is 0.505. The van der Waals surface area contributed by atoms with E-state index in [9.17, 15) is 19.8 Å². The van der Waals surface area contributed by atoms with Crippen molar-refractivity contribution in [1.82, 2.24) is 0 Å². The van der Waals surface area contributed by atoms with Crippen LogP contribution in [0.25, 0.3) is 0 Å². The first-order valence-corrected chi connectivity index (χ1v) is 8.84. The van der Waals surface area contributed by atoms with Gasteiger partial charge in [-0.1, -0.05) is 11.5 Å². The van der Waals surface area contributed by atoms with Crippen LogP contribution in [0.5, 0.6) is 0 Å². The summed E-state index contributed by atoms with van der Waals surface area (Å²) in [6.45, 7) is 21.0. The Labute approximate surface area is 146 Å². The molecule has 1 aliphatic carbocycles. The number of nitrogens with one attached hydrogen (secondary N) is 2. The van der Waals surface area contributed by atoms with Gasteiger partial charge in [0.2, 0.25) is 0 Å². The monoisotopic (exact) mass is 342 g/mol. The number of rotatable bonds is 6. The van der Waals surface area contributed by atoms with Gasteiger partial charge in [0.1, 0.15) is 0 Å². The van der Waals surface area contributed by atoms with Crippen LogP contribution in [0.2, 0.25) is 0 Å². The molecule has 0 amide bonds. The molecule has 6 nitrogen and oxygen atoms in total. The van der Waals surface area contributed by atoms with E-state index in [1.807, 2.05) is 0 Å². The molecule has 0 saturated carbocycles. The van der Waals surface area contributed by atoms with Crippen LogP contribution in [-0.2, 0) is 9.59 Å². The summed E-state index contributed by atoms with van der Waals surface area (Å²) in [6.07, 6.45) is 1.01. The van der Waals surface area contributed by atoms with E-state index in [0.717, 1.165) is 0 Å². The largest absolute Gasteiger partial charge is 0.870 e. The first-order chi connectivity index (χ1) is 11.3. The first-order valence-electron chi connectivity index (χ1n) is 8.84. The van der Waals surface area contributed by atoms with E-state index in [2.05, 4.69) is 41.5 Å². The van der Waals surface area contributed by atoms with E-state index in [-0.39, 0.29) is 0 Å². The molecule has 0 atom stereocenters. The van der Waals surface area contributed by atoms with Crippen LogP contribution >= 0.6 is 0 Å². The van der Waals surface area contributed by atoms with Crippen molar-refractivity contribution in [2.75, 3.05) is 39.3 Å². The van der Waals surface area contributed by atoms with Crippen LogP contribution in [0.15, 0.2) is 23.7 Å². The highest BCUT2D eigenvalue weighted by molar-refractivity contribution is 6.17. The Morgan fingerprint density at radius 1 is 0.625 bits per heavy atom. The van der Waals surface area contributed by atoms with Gasteiger partial charge in [-0.2, -0.15) is 0 Å². The van der Waals surface area contributed by atoms with Gasteiger partial charge in [0.15, 0.2) is 11.6 Å². The average Bonchev–Trinajstić information content (AvgIpc) is 2.57. The van der Waals surface area contributed by atoms with Gasteiger partial charge in [-0.15, -0.1) is 0 Å². The van der Waals surface area contributed by atoms with E-state index in [0.29, 0.717) is 12.2 Å². The highest BCUT2D eigenvalue weighted by Gasteiger charge is 2.06. The Morgan fingerprint density at radius 3 is 0.958 bits per heavy atom. The van der Waals surface area contributed by atoms with Crippen molar-refractivity contribution in [2.45, 2.75) is 41.5 Å². The Bertz CT molecular complexity index is 372. The summed E-state index contributed by atoms with van der Waals surface area (Å²) in [5.74, 6) is -3.71. The van der Waals surface area contributed by atoms with Gasteiger partial charge >= 0.3 is 0 Å². The lowest BCUT2D eigenvalue weighted by molar-refractivity contribution is -0.894. The van der Waals surface area contributed by atoms with Gasteiger partial charge in [0.05, 0.1) is 39.3 Å². The lowest BCUT2D eigenvalue weighted by Crippen LogP contribution is -3.11. The van der Waals surface area contributed by atoms with E-state index in [1.165, 1.54) is 39.3 Å². The molecule has 140 valence electrons. The van der Waals surface area contributed by atoms with E-state index in [1.54, 1.807) is 9.80 Å². The predicted molar refractivity (Wildman–Crippen MR) is 91.4 cm³/mol. The third kappa shape index (κ3) is 11.0. The summed E-state index contributed by atoms with van der Waals surface area (Å²) >= 11 is 0. The van der Waals surface area contributed by atoms with E-state index >= 15 is 0 Å². The highest BCUT2D eigenvalue weighted by atomic mass is 16.3. The molecule has 0 aromatic heterocycles. The van der Waals surface area contributed by atoms with Gasteiger partial charge in [-0.05, 0) is 53.7 Å². The molecule has 0 bridgehead atoms. The molecule has 1 rings (SSSR count). The second kappa shape index (κ2) is 14.9. The summed E-state index contributed by atoms with van der Waals surface area (Å²) < 4.78 is 0. The molecule has 0 heterocycles. The third-order valence-electron chi connectivity index (χ3n) is 4.01. The van der Waals surface area contributed by atoms with Crippen molar-refractivity contribution in [3.05, 3.63) is 23.7 Å². The number of carbonyl (C=O) groups excluding carboxylic acids is 2. The zero-order valence-electron chi connectivity index (χ0n) is 16.0. The highest BCUT2D eigenvalue weighted by Crippen LogP contribution is 2.01. The molecule has 0 fully saturated rings. The quantitative estimate of drug-likeness (QED) is 0.522. The number of hydrogen-bond donors (Lipinski definition) is 2. The molecule has 0 aliphatic heterocycles. The second-order valence-electron chi connectivity index (χ2n) is 5.37. The minimum atomic E-state index is -0.926. The van der Waals surface area contributed by atoms with Gasteiger partial charge in [0, 0.05) is 0 Å². The summed E-state index contributed by atoms with van der Waals surface area (Å²) in [6, 6.07) is 0. The molecular formula is C18H34N2O4. The number of hydrogen-bond acceptors (Lipinski definition) is 4. The van der Waals surface area contributed by atoms with Gasteiger partial charge in [0.25, 0.3) is 0 Å². The molecule has 0 aromatic carbocycles. The lowest BCUT2D eigenvalue weighted by Gasteiger charge is -2.16. The lowest BCUT2D eigenvalue weighted by atomic mass is 10.1. The number of ketones is 2. The smallest absolute Gasteiger partial charge is 0.170 e. The summed E-state index contributed by atoms with van der Waals surface area (Å²) in [4.78, 5) is 24.0. The summed E-state index contributed by atoms with van der Waals surface area (Å²) in [5, 5.41) is 20.7. The third-order valence-corrected chi connectivity index (χ3v) is 4.01. The molecule has 0 radical (unpaired) electrons. The molecule has 6 heteroatoms. The first kappa shape index (κ1) is 24.6. The van der Waals surface area contributed by atoms with Crippen LogP contribution in [0.3, 0.4) is 0 Å². The summed E-state index contributed by atoms with van der Waals surface area (Å²) in [5.41, 5.74) is 0. The molecule has 24 heavy (non-hydrogen) atoms. The molecular weight excluding hydrogens is 308 g/mol. The number of quaternary nitrogens is 2. The average molecular weight is 342 g/mol. The van der Waals surface area contributed by atoms with Crippen LogP contribution in [0.1, 0.15) is 41.5 Å². The maximum atomic E-state index is 10.3. The minimum Gasteiger partial charge on any atom is -0.870 e. The Hall–Kier alpha value is -1.66. The maximum Gasteiger partial charge on any atom is 0.170 e. The zero-order valence-corrected chi connectivity index (χ0v) is 16.0. The van der Waals surface area contributed by atoms with Crippen LogP contribution in [-0.4, -0.2) is 50.8 Å².